The fourth-order valence-electron chi connectivity index (χ4n) is 1.99. The molecule has 1 aromatic heterocycles. The first-order chi connectivity index (χ1) is 8.61. The Balaban J connectivity index is 2.18. The van der Waals surface area contributed by atoms with E-state index >= 15 is 0 Å². The molecule has 0 aliphatic heterocycles. The largest absolute Gasteiger partial charge is 0.497 e. The lowest BCUT2D eigenvalue weighted by Crippen LogP contribution is -2.17. The molecule has 0 aliphatic rings. The molecule has 4 nitrogen and oxygen atoms in total. The van der Waals surface area contributed by atoms with Gasteiger partial charge in [0, 0.05) is 7.05 Å². The molecule has 1 aromatic carbocycles. The summed E-state index contributed by atoms with van der Waals surface area (Å²) in [5, 5.41) is 4.18. The zero-order chi connectivity index (χ0) is 13.1. The maximum Gasteiger partial charge on any atom is 0.119 e. The van der Waals surface area contributed by atoms with E-state index in [1.807, 2.05) is 31.3 Å². The van der Waals surface area contributed by atoms with E-state index < -0.39 is 0 Å². The van der Waals surface area contributed by atoms with E-state index in [0.717, 1.165) is 27.9 Å². The van der Waals surface area contributed by atoms with E-state index in [-0.39, 0.29) is 6.04 Å². The lowest BCUT2D eigenvalue weighted by Gasteiger charge is -2.13. The van der Waals surface area contributed by atoms with Gasteiger partial charge < -0.3 is 10.5 Å². The highest BCUT2D eigenvalue weighted by Crippen LogP contribution is 2.24. The first kappa shape index (κ1) is 13.1. The molecule has 2 N–H and O–H groups in total. The zero-order valence-electron chi connectivity index (χ0n) is 10.4. The minimum absolute atomic E-state index is 0.0982. The predicted molar refractivity (Wildman–Crippen MR) is 74.5 cm³/mol. The molecule has 0 bridgehead atoms. The van der Waals surface area contributed by atoms with Gasteiger partial charge in [-0.1, -0.05) is 12.1 Å². The Hall–Kier alpha value is -1.33. The van der Waals surface area contributed by atoms with Crippen LogP contribution in [0.4, 0.5) is 0 Å². The van der Waals surface area contributed by atoms with Crippen molar-refractivity contribution in [2.45, 2.75) is 12.5 Å². The molecule has 0 amide bonds. The molecule has 1 atom stereocenters. The maximum atomic E-state index is 6.23. The Kier molecular flexibility index (Phi) is 4.04. The number of ether oxygens (including phenoxy) is 1. The van der Waals surface area contributed by atoms with Crippen LogP contribution in [0.3, 0.4) is 0 Å². The standard InChI is InChI=1S/C13H16BrN3O/c1-17-13(11(14)8-16-17)12(15)7-9-4-3-5-10(6-9)18-2/h3-6,8,12H,7,15H2,1-2H3. The van der Waals surface area contributed by atoms with E-state index in [1.54, 1.807) is 18.0 Å². The summed E-state index contributed by atoms with van der Waals surface area (Å²) in [6.07, 6.45) is 2.51. The minimum atomic E-state index is -0.0982. The summed E-state index contributed by atoms with van der Waals surface area (Å²) in [6, 6.07) is 7.85. The number of rotatable bonds is 4. The van der Waals surface area contributed by atoms with Crippen molar-refractivity contribution in [3.63, 3.8) is 0 Å². The number of aryl methyl sites for hydroxylation is 1. The number of halogens is 1. The van der Waals surface area contributed by atoms with Crippen LogP contribution >= 0.6 is 15.9 Å². The molecule has 18 heavy (non-hydrogen) atoms. The van der Waals surface area contributed by atoms with Crippen molar-refractivity contribution < 1.29 is 4.74 Å². The number of hydrogen-bond acceptors (Lipinski definition) is 3. The third-order valence-electron chi connectivity index (χ3n) is 2.88. The molecule has 1 heterocycles. The molecule has 0 aliphatic carbocycles. The number of aromatic nitrogens is 2. The molecular weight excluding hydrogens is 294 g/mol. The van der Waals surface area contributed by atoms with Gasteiger partial charge in [-0.2, -0.15) is 5.10 Å². The maximum absolute atomic E-state index is 6.23. The van der Waals surface area contributed by atoms with Crippen LogP contribution in [0.2, 0.25) is 0 Å². The van der Waals surface area contributed by atoms with Crippen LogP contribution in [-0.2, 0) is 13.5 Å². The fourth-order valence-corrected chi connectivity index (χ4v) is 2.63. The van der Waals surface area contributed by atoms with Crippen molar-refractivity contribution in [2.75, 3.05) is 7.11 Å². The Morgan fingerprint density at radius 2 is 2.28 bits per heavy atom. The van der Waals surface area contributed by atoms with E-state index in [0.29, 0.717) is 0 Å². The van der Waals surface area contributed by atoms with Crippen LogP contribution in [0.1, 0.15) is 17.3 Å². The number of hydrogen-bond donors (Lipinski definition) is 1. The van der Waals surface area contributed by atoms with E-state index in [1.165, 1.54) is 0 Å². The number of benzene rings is 1. The lowest BCUT2D eigenvalue weighted by molar-refractivity contribution is 0.414. The number of nitrogens with two attached hydrogens (primary N) is 1. The third-order valence-corrected chi connectivity index (χ3v) is 3.49. The van der Waals surface area contributed by atoms with Gasteiger partial charge in [0.1, 0.15) is 5.75 Å². The van der Waals surface area contributed by atoms with Gasteiger partial charge in [-0.3, -0.25) is 4.68 Å². The molecular formula is C13H16BrN3O. The first-order valence-corrected chi connectivity index (χ1v) is 6.47. The van der Waals surface area contributed by atoms with Crippen LogP contribution in [0, 0.1) is 0 Å². The fraction of sp³-hybridized carbons (Fsp3) is 0.308. The molecule has 0 fully saturated rings. The molecule has 0 radical (unpaired) electrons. The summed E-state index contributed by atoms with van der Waals surface area (Å²) in [7, 11) is 3.56. The quantitative estimate of drug-likeness (QED) is 0.943. The van der Waals surface area contributed by atoms with Crippen molar-refractivity contribution >= 4 is 15.9 Å². The highest BCUT2D eigenvalue weighted by molar-refractivity contribution is 9.10. The second kappa shape index (κ2) is 5.54. The molecule has 0 saturated heterocycles. The molecule has 2 rings (SSSR count). The summed E-state index contributed by atoms with van der Waals surface area (Å²) in [6.45, 7) is 0. The molecule has 1 unspecified atom stereocenters. The smallest absolute Gasteiger partial charge is 0.119 e. The minimum Gasteiger partial charge on any atom is -0.497 e. The molecule has 0 saturated carbocycles. The van der Waals surface area contributed by atoms with Crippen LogP contribution < -0.4 is 10.5 Å². The summed E-state index contributed by atoms with van der Waals surface area (Å²) >= 11 is 3.47. The van der Waals surface area contributed by atoms with Crippen molar-refractivity contribution in [1.29, 1.82) is 0 Å². The summed E-state index contributed by atoms with van der Waals surface area (Å²) in [5.74, 6) is 0.851. The van der Waals surface area contributed by atoms with Crippen LogP contribution in [0.5, 0.6) is 5.75 Å². The lowest BCUT2D eigenvalue weighted by atomic mass is 10.0. The second-order valence-corrected chi connectivity index (χ2v) is 5.02. The summed E-state index contributed by atoms with van der Waals surface area (Å²) in [5.41, 5.74) is 8.38. The SMILES string of the molecule is COc1cccc(CC(N)c2c(Br)cnn2C)c1. The van der Waals surface area contributed by atoms with Gasteiger partial charge in [-0.15, -0.1) is 0 Å². The predicted octanol–water partition coefficient (Wildman–Crippen LogP) is 2.43. The summed E-state index contributed by atoms with van der Waals surface area (Å²) in [4.78, 5) is 0. The molecule has 0 spiro atoms. The van der Waals surface area contributed by atoms with Gasteiger partial charge in [0.2, 0.25) is 0 Å². The van der Waals surface area contributed by atoms with Gasteiger partial charge in [-0.25, -0.2) is 0 Å². The second-order valence-electron chi connectivity index (χ2n) is 4.16. The van der Waals surface area contributed by atoms with E-state index in [2.05, 4.69) is 21.0 Å². The van der Waals surface area contributed by atoms with Crippen molar-refractivity contribution in [3.05, 3.63) is 46.2 Å². The van der Waals surface area contributed by atoms with Crippen molar-refractivity contribution in [1.82, 2.24) is 9.78 Å². The van der Waals surface area contributed by atoms with Gasteiger partial charge in [0.15, 0.2) is 0 Å². The average Bonchev–Trinajstić information content (AvgIpc) is 2.69. The van der Waals surface area contributed by atoms with E-state index in [9.17, 15) is 0 Å². The first-order valence-electron chi connectivity index (χ1n) is 5.67. The third kappa shape index (κ3) is 2.73. The molecule has 2 aromatic rings. The topological polar surface area (TPSA) is 53.1 Å². The highest BCUT2D eigenvalue weighted by atomic mass is 79.9. The number of methoxy groups -OCH3 is 1. The van der Waals surface area contributed by atoms with Crippen LogP contribution in [0.25, 0.3) is 0 Å². The van der Waals surface area contributed by atoms with Crippen molar-refractivity contribution in [3.8, 4) is 5.75 Å². The highest BCUT2D eigenvalue weighted by Gasteiger charge is 2.15. The zero-order valence-corrected chi connectivity index (χ0v) is 12.0. The Morgan fingerprint density at radius 3 is 2.89 bits per heavy atom. The van der Waals surface area contributed by atoms with E-state index in [4.69, 9.17) is 10.5 Å². The normalized spacial score (nSPS) is 12.4. The van der Waals surface area contributed by atoms with Gasteiger partial charge in [-0.05, 0) is 40.0 Å². The number of nitrogens with zero attached hydrogens (tertiary/aromatic N) is 2. The van der Waals surface area contributed by atoms with Gasteiger partial charge in [0.05, 0.1) is 29.5 Å². The van der Waals surface area contributed by atoms with Gasteiger partial charge >= 0.3 is 0 Å². The van der Waals surface area contributed by atoms with Crippen molar-refractivity contribution in [2.24, 2.45) is 12.8 Å². The molecule has 96 valence electrons. The summed E-state index contributed by atoms with van der Waals surface area (Å²) < 4.78 is 7.95. The average molecular weight is 310 g/mol. The Bertz CT molecular complexity index is 519. The monoisotopic (exact) mass is 309 g/mol. The van der Waals surface area contributed by atoms with Crippen LogP contribution in [-0.4, -0.2) is 16.9 Å². The Morgan fingerprint density at radius 1 is 1.50 bits per heavy atom. The van der Waals surface area contributed by atoms with Gasteiger partial charge in [0.25, 0.3) is 0 Å². The Labute approximate surface area is 115 Å². The molecule has 5 heteroatoms. The van der Waals surface area contributed by atoms with Crippen LogP contribution in [0.15, 0.2) is 34.9 Å².